The van der Waals surface area contributed by atoms with Crippen molar-refractivity contribution in [3.63, 3.8) is 0 Å². The van der Waals surface area contributed by atoms with Gasteiger partial charge in [0, 0.05) is 5.56 Å². The molecule has 0 spiro atoms. The number of nitro groups is 1. The second-order valence-corrected chi connectivity index (χ2v) is 4.95. The highest BCUT2D eigenvalue weighted by molar-refractivity contribution is 6.07. The number of hydrogen-bond acceptors (Lipinski definition) is 6. The first-order valence-corrected chi connectivity index (χ1v) is 7.27. The first kappa shape index (κ1) is 18.0. The van der Waals surface area contributed by atoms with Crippen LogP contribution >= 0.6 is 0 Å². The molecule has 0 fully saturated rings. The lowest BCUT2D eigenvalue weighted by Crippen LogP contribution is -1.98. The Hall–Kier alpha value is -3.35. The van der Waals surface area contributed by atoms with Crippen molar-refractivity contribution in [2.24, 2.45) is 0 Å². The van der Waals surface area contributed by atoms with Crippen LogP contribution in [0, 0.1) is 10.1 Å². The Labute approximate surface area is 144 Å². The molecule has 0 saturated carbocycles. The number of carbonyl (C=O) groups excluding carboxylic acids is 1. The van der Waals surface area contributed by atoms with E-state index in [0.29, 0.717) is 17.1 Å². The molecule has 2 rings (SSSR count). The molecule has 130 valence electrons. The van der Waals surface area contributed by atoms with E-state index in [1.807, 2.05) is 0 Å². The van der Waals surface area contributed by atoms with Crippen LogP contribution in [0.1, 0.15) is 15.9 Å². The normalized spacial score (nSPS) is 10.5. The number of rotatable bonds is 7. The Morgan fingerprint density at radius 2 is 1.60 bits per heavy atom. The Bertz CT molecular complexity index is 811. The van der Waals surface area contributed by atoms with E-state index >= 15 is 0 Å². The van der Waals surface area contributed by atoms with Gasteiger partial charge in [-0.3, -0.25) is 14.9 Å². The van der Waals surface area contributed by atoms with E-state index in [4.69, 9.17) is 14.2 Å². The van der Waals surface area contributed by atoms with Crippen LogP contribution in [0.3, 0.4) is 0 Å². The first-order valence-electron chi connectivity index (χ1n) is 7.27. The molecule has 7 nitrogen and oxygen atoms in total. The summed E-state index contributed by atoms with van der Waals surface area (Å²) >= 11 is 0. The molecular weight excluding hydrogens is 326 g/mol. The van der Waals surface area contributed by atoms with E-state index in [0.717, 1.165) is 0 Å². The Morgan fingerprint density at radius 1 is 1.00 bits per heavy atom. The molecule has 0 amide bonds. The highest BCUT2D eigenvalue weighted by Crippen LogP contribution is 2.35. The molecular formula is C18H17NO6. The number of nitro benzene ring substituents is 1. The molecule has 0 heterocycles. The van der Waals surface area contributed by atoms with E-state index in [2.05, 4.69) is 0 Å². The van der Waals surface area contributed by atoms with Crippen molar-refractivity contribution in [1.82, 2.24) is 0 Å². The Morgan fingerprint density at radius 3 is 2.12 bits per heavy atom. The van der Waals surface area contributed by atoms with Crippen LogP contribution < -0.4 is 14.2 Å². The minimum atomic E-state index is -0.542. The average Bonchev–Trinajstić information content (AvgIpc) is 2.65. The van der Waals surface area contributed by atoms with Crippen LogP contribution in [0.2, 0.25) is 0 Å². The highest BCUT2D eigenvalue weighted by atomic mass is 16.6. The maximum absolute atomic E-state index is 12.2. The first-order chi connectivity index (χ1) is 12.0. The van der Waals surface area contributed by atoms with Crippen LogP contribution in [0.5, 0.6) is 17.2 Å². The summed E-state index contributed by atoms with van der Waals surface area (Å²) < 4.78 is 15.3. The van der Waals surface area contributed by atoms with Gasteiger partial charge in [0.25, 0.3) is 5.69 Å². The lowest BCUT2D eigenvalue weighted by molar-refractivity contribution is -0.385. The van der Waals surface area contributed by atoms with Crippen molar-refractivity contribution in [2.45, 2.75) is 0 Å². The summed E-state index contributed by atoms with van der Waals surface area (Å²) in [6, 6.07) is 9.29. The predicted molar refractivity (Wildman–Crippen MR) is 92.6 cm³/mol. The molecule has 0 aliphatic carbocycles. The van der Waals surface area contributed by atoms with Crippen LogP contribution in [-0.4, -0.2) is 32.0 Å². The van der Waals surface area contributed by atoms with Crippen molar-refractivity contribution in [1.29, 1.82) is 0 Å². The standard InChI is InChI=1S/C18H17NO6/c1-23-14-7-4-12(5-8-14)16(20)9-6-13-10-17(24-2)18(25-3)11-15(13)19(21)22/h4-11H,1-3H3/b9-6+. The number of allylic oxidation sites excluding steroid dienone is 1. The third-order valence-corrected chi connectivity index (χ3v) is 3.52. The van der Waals surface area contributed by atoms with Crippen molar-refractivity contribution in [2.75, 3.05) is 21.3 Å². The molecule has 0 radical (unpaired) electrons. The average molecular weight is 343 g/mol. The van der Waals surface area contributed by atoms with Gasteiger partial charge in [0.05, 0.1) is 37.9 Å². The molecule has 0 aliphatic heterocycles. The van der Waals surface area contributed by atoms with Gasteiger partial charge in [0.2, 0.25) is 0 Å². The van der Waals surface area contributed by atoms with Crippen molar-refractivity contribution >= 4 is 17.5 Å². The van der Waals surface area contributed by atoms with Crippen molar-refractivity contribution in [3.05, 3.63) is 63.7 Å². The molecule has 0 aliphatic rings. The fourth-order valence-corrected chi connectivity index (χ4v) is 2.19. The van der Waals surface area contributed by atoms with Crippen molar-refractivity contribution in [3.8, 4) is 17.2 Å². The third-order valence-electron chi connectivity index (χ3n) is 3.52. The number of benzene rings is 2. The highest BCUT2D eigenvalue weighted by Gasteiger charge is 2.18. The molecule has 0 atom stereocenters. The Balaban J connectivity index is 2.35. The number of nitrogens with zero attached hydrogens (tertiary/aromatic N) is 1. The van der Waals surface area contributed by atoms with Crippen LogP contribution in [0.15, 0.2) is 42.5 Å². The summed E-state index contributed by atoms with van der Waals surface area (Å²) in [5, 5.41) is 11.3. The van der Waals surface area contributed by atoms with E-state index < -0.39 is 4.92 Å². The maximum Gasteiger partial charge on any atom is 0.280 e. The molecule has 25 heavy (non-hydrogen) atoms. The molecule has 2 aromatic rings. The topological polar surface area (TPSA) is 87.9 Å². The van der Waals surface area contributed by atoms with E-state index in [9.17, 15) is 14.9 Å². The molecule has 0 unspecified atom stereocenters. The van der Waals surface area contributed by atoms with Crippen LogP contribution in [0.4, 0.5) is 5.69 Å². The van der Waals surface area contributed by atoms with E-state index in [1.165, 1.54) is 45.6 Å². The quantitative estimate of drug-likeness (QED) is 0.331. The van der Waals surface area contributed by atoms with Crippen molar-refractivity contribution < 1.29 is 23.9 Å². The van der Waals surface area contributed by atoms with Gasteiger partial charge in [0.15, 0.2) is 17.3 Å². The van der Waals surface area contributed by atoms with Gasteiger partial charge in [-0.2, -0.15) is 0 Å². The van der Waals surface area contributed by atoms with Gasteiger partial charge in [-0.25, -0.2) is 0 Å². The zero-order valence-corrected chi connectivity index (χ0v) is 14.0. The van der Waals surface area contributed by atoms with Crippen LogP contribution in [-0.2, 0) is 0 Å². The van der Waals surface area contributed by atoms with Gasteiger partial charge < -0.3 is 14.2 Å². The summed E-state index contributed by atoms with van der Waals surface area (Å²) in [5.74, 6) is 0.931. The number of ketones is 1. The minimum absolute atomic E-state index is 0.184. The van der Waals surface area contributed by atoms with Crippen LogP contribution in [0.25, 0.3) is 6.08 Å². The second-order valence-electron chi connectivity index (χ2n) is 4.95. The summed E-state index contributed by atoms with van der Waals surface area (Å²) in [6.07, 6.45) is 2.66. The SMILES string of the molecule is COc1ccc(C(=O)/C=C/c2cc(OC)c(OC)cc2[N+](=O)[O-])cc1. The second kappa shape index (κ2) is 7.96. The molecule has 0 aromatic heterocycles. The van der Waals surface area contributed by atoms with Gasteiger partial charge in [-0.1, -0.05) is 0 Å². The predicted octanol–water partition coefficient (Wildman–Crippen LogP) is 3.52. The molecule has 2 aromatic carbocycles. The summed E-state index contributed by atoms with van der Waals surface area (Å²) in [6.45, 7) is 0. The lowest BCUT2D eigenvalue weighted by Gasteiger charge is -2.08. The number of methoxy groups -OCH3 is 3. The fourth-order valence-electron chi connectivity index (χ4n) is 2.19. The van der Waals surface area contributed by atoms with E-state index in [-0.39, 0.29) is 22.8 Å². The van der Waals surface area contributed by atoms with Gasteiger partial charge in [-0.15, -0.1) is 0 Å². The maximum atomic E-state index is 12.2. The number of ether oxygens (including phenoxy) is 3. The third kappa shape index (κ3) is 4.14. The fraction of sp³-hybridized carbons (Fsp3) is 0.167. The zero-order valence-electron chi connectivity index (χ0n) is 14.0. The minimum Gasteiger partial charge on any atom is -0.497 e. The summed E-state index contributed by atoms with van der Waals surface area (Å²) in [7, 11) is 4.36. The number of carbonyl (C=O) groups is 1. The largest absolute Gasteiger partial charge is 0.497 e. The van der Waals surface area contributed by atoms with Gasteiger partial charge in [-0.05, 0) is 42.5 Å². The smallest absolute Gasteiger partial charge is 0.280 e. The van der Waals surface area contributed by atoms with E-state index in [1.54, 1.807) is 24.3 Å². The lowest BCUT2D eigenvalue weighted by atomic mass is 10.1. The number of hydrogen-bond donors (Lipinski definition) is 0. The molecule has 7 heteroatoms. The van der Waals surface area contributed by atoms with Gasteiger partial charge in [0.1, 0.15) is 5.75 Å². The summed E-state index contributed by atoms with van der Waals surface area (Å²) in [4.78, 5) is 22.9. The summed E-state index contributed by atoms with van der Waals surface area (Å²) in [5.41, 5.74) is 0.501. The molecule has 0 N–H and O–H groups in total. The molecule has 0 saturated heterocycles. The zero-order chi connectivity index (χ0) is 18.4. The monoisotopic (exact) mass is 343 g/mol. The van der Waals surface area contributed by atoms with Gasteiger partial charge >= 0.3 is 0 Å². The molecule has 0 bridgehead atoms. The Kier molecular flexibility index (Phi) is 5.73.